The molecule has 2 aromatic rings. The van der Waals surface area contributed by atoms with Crippen molar-refractivity contribution >= 4 is 34.7 Å². The molecule has 0 radical (unpaired) electrons. The van der Waals surface area contributed by atoms with Gasteiger partial charge in [-0.1, -0.05) is 37.2 Å². The van der Waals surface area contributed by atoms with Crippen LogP contribution in [0.1, 0.15) is 26.1 Å². The minimum Gasteiger partial charge on any atom is -0.384 e. The Hall–Kier alpha value is -1.80. The summed E-state index contributed by atoms with van der Waals surface area (Å²) < 4.78 is 2.17. The van der Waals surface area contributed by atoms with Crippen LogP contribution in [0, 0.1) is 16.0 Å². The Kier molecular flexibility index (Phi) is 7.07. The summed E-state index contributed by atoms with van der Waals surface area (Å²) in [6.45, 7) is 5.94. The monoisotopic (exact) mass is 383 g/mol. The Labute approximate surface area is 156 Å². The zero-order valence-electron chi connectivity index (χ0n) is 14.5. The van der Waals surface area contributed by atoms with Crippen LogP contribution in [0.15, 0.2) is 23.4 Å². The van der Waals surface area contributed by atoms with Crippen molar-refractivity contribution in [3.8, 4) is 0 Å². The number of halogens is 1. The predicted octanol–water partition coefficient (Wildman–Crippen LogP) is 4.26. The summed E-state index contributed by atoms with van der Waals surface area (Å²) >= 11 is 7.68. The highest BCUT2D eigenvalue weighted by molar-refractivity contribution is 7.98. The van der Waals surface area contributed by atoms with Gasteiger partial charge in [-0.2, -0.15) is 0 Å². The van der Waals surface area contributed by atoms with E-state index in [-0.39, 0.29) is 5.69 Å². The normalized spacial score (nSPS) is 11.1. The number of aryl methyl sites for hydroxylation is 1. The minimum atomic E-state index is -0.458. The number of aromatic nitrogens is 3. The molecular weight excluding hydrogens is 362 g/mol. The number of benzene rings is 1. The Bertz CT molecular complexity index is 735. The van der Waals surface area contributed by atoms with E-state index in [4.69, 9.17) is 11.6 Å². The molecule has 0 saturated heterocycles. The van der Waals surface area contributed by atoms with E-state index in [1.165, 1.54) is 12.1 Å². The van der Waals surface area contributed by atoms with Gasteiger partial charge in [0.2, 0.25) is 0 Å². The number of thioether (sulfide) groups is 1. The van der Waals surface area contributed by atoms with Gasteiger partial charge in [0.25, 0.3) is 5.69 Å². The Morgan fingerprint density at radius 1 is 1.40 bits per heavy atom. The smallest absolute Gasteiger partial charge is 0.271 e. The van der Waals surface area contributed by atoms with Gasteiger partial charge in [0.05, 0.1) is 15.6 Å². The maximum atomic E-state index is 10.7. The first-order valence-electron chi connectivity index (χ1n) is 8.06. The number of nitro benzene ring substituents is 1. The van der Waals surface area contributed by atoms with Crippen molar-refractivity contribution in [1.29, 1.82) is 0 Å². The molecule has 1 N–H and O–H groups in total. The molecule has 0 unspecified atom stereocenters. The first-order valence-corrected chi connectivity index (χ1v) is 9.66. The SMILES string of the molecule is CSc1nnc(CCCNc2ccc([N+](=O)[O-])cc2Cl)n1CC(C)C. The Morgan fingerprint density at radius 2 is 2.16 bits per heavy atom. The maximum Gasteiger partial charge on any atom is 0.271 e. The van der Waals surface area contributed by atoms with E-state index in [0.29, 0.717) is 23.2 Å². The zero-order chi connectivity index (χ0) is 18.4. The lowest BCUT2D eigenvalue weighted by Crippen LogP contribution is -2.11. The van der Waals surface area contributed by atoms with Crippen LogP contribution in [0.3, 0.4) is 0 Å². The third-order valence-electron chi connectivity index (χ3n) is 3.58. The standard InChI is InChI=1S/C16H22ClN5O2S/c1-11(2)10-21-15(19-20-16(21)25-3)5-4-8-18-14-7-6-12(22(23)24)9-13(14)17/h6-7,9,11,18H,4-5,8,10H2,1-3H3. The second-order valence-electron chi connectivity index (χ2n) is 6.06. The molecule has 1 heterocycles. The highest BCUT2D eigenvalue weighted by Gasteiger charge is 2.13. The summed E-state index contributed by atoms with van der Waals surface area (Å²) in [5, 5.41) is 23.8. The van der Waals surface area contributed by atoms with Crippen LogP contribution in [0.5, 0.6) is 0 Å². The third-order valence-corrected chi connectivity index (χ3v) is 4.56. The summed E-state index contributed by atoms with van der Waals surface area (Å²) in [6.07, 6.45) is 3.67. The lowest BCUT2D eigenvalue weighted by Gasteiger charge is -2.12. The number of rotatable bonds is 9. The van der Waals surface area contributed by atoms with Crippen molar-refractivity contribution < 1.29 is 4.92 Å². The average Bonchev–Trinajstić information content (AvgIpc) is 2.93. The average molecular weight is 384 g/mol. The molecule has 136 valence electrons. The molecule has 0 fully saturated rings. The van der Waals surface area contributed by atoms with Gasteiger partial charge in [0.1, 0.15) is 5.82 Å². The predicted molar refractivity (Wildman–Crippen MR) is 102 cm³/mol. The molecule has 0 aliphatic heterocycles. The van der Waals surface area contributed by atoms with E-state index in [0.717, 1.165) is 30.4 Å². The van der Waals surface area contributed by atoms with E-state index >= 15 is 0 Å². The second kappa shape index (κ2) is 9.05. The molecule has 2 rings (SSSR count). The number of nitro groups is 1. The van der Waals surface area contributed by atoms with Crippen LogP contribution in [0.4, 0.5) is 11.4 Å². The van der Waals surface area contributed by atoms with Crippen LogP contribution >= 0.6 is 23.4 Å². The number of nitrogens with one attached hydrogen (secondary N) is 1. The van der Waals surface area contributed by atoms with Gasteiger partial charge in [-0.15, -0.1) is 10.2 Å². The van der Waals surface area contributed by atoms with E-state index in [9.17, 15) is 10.1 Å². The van der Waals surface area contributed by atoms with Crippen LogP contribution in [0.25, 0.3) is 0 Å². The number of non-ortho nitro benzene ring substituents is 1. The van der Waals surface area contributed by atoms with Gasteiger partial charge in [0, 0.05) is 31.6 Å². The van der Waals surface area contributed by atoms with Gasteiger partial charge in [0.15, 0.2) is 5.16 Å². The van der Waals surface area contributed by atoms with Gasteiger partial charge in [-0.3, -0.25) is 10.1 Å². The summed E-state index contributed by atoms with van der Waals surface area (Å²) in [4.78, 5) is 10.3. The van der Waals surface area contributed by atoms with Crippen LogP contribution in [-0.4, -0.2) is 32.5 Å². The minimum absolute atomic E-state index is 0.0121. The maximum absolute atomic E-state index is 10.7. The molecule has 0 aliphatic rings. The molecule has 9 heteroatoms. The molecule has 25 heavy (non-hydrogen) atoms. The van der Waals surface area contributed by atoms with Crippen molar-refractivity contribution in [2.24, 2.45) is 5.92 Å². The quantitative estimate of drug-likeness (QED) is 0.301. The lowest BCUT2D eigenvalue weighted by molar-refractivity contribution is -0.384. The van der Waals surface area contributed by atoms with E-state index in [2.05, 4.69) is 33.9 Å². The van der Waals surface area contributed by atoms with Gasteiger partial charge in [-0.25, -0.2) is 0 Å². The number of nitrogens with zero attached hydrogens (tertiary/aromatic N) is 4. The molecule has 0 atom stereocenters. The number of hydrogen-bond acceptors (Lipinski definition) is 6. The molecule has 0 saturated carbocycles. The Morgan fingerprint density at radius 3 is 2.76 bits per heavy atom. The highest BCUT2D eigenvalue weighted by Crippen LogP contribution is 2.26. The molecule has 1 aromatic heterocycles. The van der Waals surface area contributed by atoms with Crippen molar-refractivity contribution in [1.82, 2.24) is 14.8 Å². The molecule has 0 aliphatic carbocycles. The second-order valence-corrected chi connectivity index (χ2v) is 7.24. The largest absolute Gasteiger partial charge is 0.384 e. The van der Waals surface area contributed by atoms with Gasteiger partial charge >= 0.3 is 0 Å². The third kappa shape index (κ3) is 5.34. The first-order chi connectivity index (χ1) is 11.9. The zero-order valence-corrected chi connectivity index (χ0v) is 16.1. The van der Waals surface area contributed by atoms with E-state index in [1.807, 2.05) is 6.26 Å². The molecular formula is C16H22ClN5O2S. The fraction of sp³-hybridized carbons (Fsp3) is 0.500. The first kappa shape index (κ1) is 19.5. The topological polar surface area (TPSA) is 85.9 Å². The summed E-state index contributed by atoms with van der Waals surface area (Å²) in [5.74, 6) is 1.51. The highest BCUT2D eigenvalue weighted by atomic mass is 35.5. The van der Waals surface area contributed by atoms with Gasteiger partial charge < -0.3 is 9.88 Å². The fourth-order valence-electron chi connectivity index (χ4n) is 2.43. The van der Waals surface area contributed by atoms with Crippen LogP contribution in [-0.2, 0) is 13.0 Å². The van der Waals surface area contributed by atoms with E-state index < -0.39 is 4.92 Å². The molecule has 7 nitrogen and oxygen atoms in total. The van der Waals surface area contributed by atoms with Crippen molar-refractivity contribution in [3.05, 3.63) is 39.2 Å². The van der Waals surface area contributed by atoms with Gasteiger partial charge in [-0.05, 0) is 24.7 Å². The number of hydrogen-bond donors (Lipinski definition) is 1. The van der Waals surface area contributed by atoms with Crippen molar-refractivity contribution in [3.63, 3.8) is 0 Å². The molecule has 0 amide bonds. The molecule has 0 spiro atoms. The van der Waals surface area contributed by atoms with E-state index in [1.54, 1.807) is 17.8 Å². The number of anilines is 1. The summed E-state index contributed by atoms with van der Waals surface area (Å²) in [6, 6.07) is 4.43. The van der Waals surface area contributed by atoms with Crippen LogP contribution in [0.2, 0.25) is 5.02 Å². The lowest BCUT2D eigenvalue weighted by atomic mass is 10.2. The Balaban J connectivity index is 1.91. The summed E-state index contributed by atoms with van der Waals surface area (Å²) in [7, 11) is 0. The van der Waals surface area contributed by atoms with Crippen molar-refractivity contribution in [2.45, 2.75) is 38.4 Å². The van der Waals surface area contributed by atoms with Crippen molar-refractivity contribution in [2.75, 3.05) is 18.1 Å². The molecule has 1 aromatic carbocycles. The van der Waals surface area contributed by atoms with Crippen LogP contribution < -0.4 is 5.32 Å². The summed E-state index contributed by atoms with van der Waals surface area (Å²) in [5.41, 5.74) is 0.683. The molecule has 0 bridgehead atoms. The fourth-order valence-corrected chi connectivity index (χ4v) is 3.20.